The summed E-state index contributed by atoms with van der Waals surface area (Å²) in [7, 11) is 0. The highest BCUT2D eigenvalue weighted by atomic mass is 16.4. The summed E-state index contributed by atoms with van der Waals surface area (Å²) in [5.74, 6) is -20.0. The summed E-state index contributed by atoms with van der Waals surface area (Å²) in [4.78, 5) is 231. The lowest BCUT2D eigenvalue weighted by molar-refractivity contribution is -0.143. The number of hydrogen-bond acceptors (Lipinski definition) is 23. The summed E-state index contributed by atoms with van der Waals surface area (Å²) < 4.78 is 0. The number of nitrogens with one attached hydrogen (secondary N) is 12. The molecule has 0 saturated carbocycles. The second kappa shape index (κ2) is 50.8. The normalized spacial score (nSPS) is 15.6. The number of carboxylic acids is 3. The number of likely N-dealkylation sites (tertiary alicyclic amines) is 1. The average molecular weight is 1600 g/mol. The van der Waals surface area contributed by atoms with Crippen LogP contribution in [0.5, 0.6) is 5.75 Å². The van der Waals surface area contributed by atoms with Gasteiger partial charge >= 0.3 is 17.9 Å². The van der Waals surface area contributed by atoms with Crippen molar-refractivity contribution in [3.63, 3.8) is 0 Å². The van der Waals surface area contributed by atoms with Gasteiger partial charge in [-0.3, -0.25) is 81.5 Å². The summed E-state index contributed by atoms with van der Waals surface area (Å²) in [5, 5.41) is 78.6. The number of aliphatic carboxylic acids is 3. The minimum atomic E-state index is -1.90. The van der Waals surface area contributed by atoms with Crippen molar-refractivity contribution in [2.24, 2.45) is 40.5 Å². The molecule has 2 aromatic carbocycles. The lowest BCUT2D eigenvalue weighted by atomic mass is 9.96. The minimum absolute atomic E-state index is 0.0137. The number of hydrogen-bond donors (Lipinski definition) is 22. The molecule has 628 valence electrons. The van der Waals surface area contributed by atoms with Crippen LogP contribution in [0.25, 0.3) is 0 Å². The lowest BCUT2D eigenvalue weighted by Gasteiger charge is -2.30. The van der Waals surface area contributed by atoms with Crippen LogP contribution in [0.1, 0.15) is 148 Å². The number of phenols is 1. The number of carboxylic acid groups (broad SMARTS) is 3. The number of nitrogens with zero attached hydrogens (tertiary/aromatic N) is 1. The molecule has 0 aromatic heterocycles. The molecule has 0 radical (unpaired) electrons. The van der Waals surface area contributed by atoms with Crippen LogP contribution in [-0.2, 0) is 94.3 Å². The summed E-state index contributed by atoms with van der Waals surface area (Å²) in [6.45, 7) is 4.23. The quantitative estimate of drug-likeness (QED) is 0.0275. The number of rotatable bonds is 54. The first-order valence-corrected chi connectivity index (χ1v) is 37.7. The third kappa shape index (κ3) is 35.1. The van der Waals surface area contributed by atoms with Crippen LogP contribution in [0.2, 0.25) is 0 Å². The Hall–Kier alpha value is -11.0. The molecule has 1 saturated heterocycles. The van der Waals surface area contributed by atoms with Gasteiger partial charge in [-0.2, -0.15) is 0 Å². The SMILES string of the molecule is CC[C@H](C)[C@H](NC(=O)[C@H](CC(N)=O)NC(=O)[C@@H](NC(=O)[C@H](Cc1ccc(O)cc1)NC(=O)[C@H](CCC(=O)O)NC(=O)CNC(=O)[C@@H]1CCCN1C(=O)[C@H](CO)NC(=O)[C@H](CCCCN)NC(=O)[C@H](CCCCN)NC(=O)[C@@H](N)CCCCN)C(C)C)C(=O)N[C@@H](CCC(=O)O)C(=O)N[C@@H](Cc1ccccc1)C(=O)NCC(=O)O. The number of phenolic OH excluding ortho intramolecular Hbond substituents is 1. The largest absolute Gasteiger partial charge is 0.508 e. The van der Waals surface area contributed by atoms with Gasteiger partial charge in [-0.1, -0.05) is 83.0 Å². The van der Waals surface area contributed by atoms with E-state index in [1.54, 1.807) is 37.3 Å². The maximum Gasteiger partial charge on any atom is 0.322 e. The van der Waals surface area contributed by atoms with E-state index in [1.807, 2.05) is 0 Å². The number of nitrogens with two attached hydrogens (primary N) is 5. The Morgan fingerprint density at radius 3 is 1.40 bits per heavy atom. The van der Waals surface area contributed by atoms with Gasteiger partial charge in [-0.25, -0.2) is 0 Å². The number of aliphatic hydroxyl groups is 1. The molecule has 2 aromatic rings. The number of aromatic hydroxyl groups is 1. The van der Waals surface area contributed by atoms with Crippen LogP contribution in [0.15, 0.2) is 54.6 Å². The van der Waals surface area contributed by atoms with E-state index in [2.05, 4.69) is 63.8 Å². The van der Waals surface area contributed by atoms with Gasteiger partial charge in [-0.15, -0.1) is 0 Å². The Morgan fingerprint density at radius 2 is 0.903 bits per heavy atom. The molecule has 1 fully saturated rings. The Balaban J connectivity index is 1.86. The molecule has 13 atom stereocenters. The number of unbranched alkanes of at least 4 members (excludes halogenated alkanes) is 3. The number of carbonyl (C=O) groups excluding carboxylic acids is 14. The van der Waals surface area contributed by atoms with Crippen molar-refractivity contribution in [1.82, 2.24) is 68.7 Å². The molecular formula is C73H114N18O22. The number of benzene rings is 2. The monoisotopic (exact) mass is 1590 g/mol. The Morgan fingerprint density at radius 1 is 0.469 bits per heavy atom. The standard InChI is InChI=1S/C73H114N18O22/c1-5-41(4)61(72(112)84-49(27-29-58(98)99)67(107)85-50(63(103)80-38-59(100)101)34-42-16-7-6-8-17-42)90-69(109)52(36-55(78)94)87-71(111)60(40(2)3)89-68(108)51(35-43-22-24-44(93)25-23-43)86-66(106)48(26-28-57(96)97)81-56(95)37-79-70(110)54-21-15-33-91(54)73(113)53(39-92)88-65(105)47(20-11-14-32-76)83-64(104)46(19-10-13-31-75)82-62(102)45(77)18-9-12-30-74/h6-8,16-17,22-25,40-41,45-54,60-61,92-93H,5,9-15,18-21,26-39,74-77H2,1-4H3,(H2,78,94)(H,79,110)(H,80,103)(H,81,95)(H,82,102)(H,83,104)(H,84,112)(H,85,107)(H,86,106)(H,87,111)(H,88,105)(H,89,108)(H,90,109)(H,96,97)(H,98,99)(H,100,101)/t41-,45-,46-,47-,48-,49-,50-,51-,52-,53-,54-,60-,61-/m0/s1. The van der Waals surface area contributed by atoms with Crippen LogP contribution in [0, 0.1) is 11.8 Å². The van der Waals surface area contributed by atoms with E-state index in [0.29, 0.717) is 69.2 Å². The predicted octanol–water partition coefficient (Wildman–Crippen LogP) is -5.65. The first-order chi connectivity index (χ1) is 53.6. The van der Waals surface area contributed by atoms with Gasteiger partial charge in [0.15, 0.2) is 0 Å². The van der Waals surface area contributed by atoms with Crippen molar-refractivity contribution in [1.29, 1.82) is 0 Å². The topological polar surface area (TPSA) is 669 Å². The summed E-state index contributed by atoms with van der Waals surface area (Å²) in [6, 6.07) is -4.69. The van der Waals surface area contributed by atoms with Gasteiger partial charge in [0.1, 0.15) is 78.8 Å². The van der Waals surface area contributed by atoms with Crippen molar-refractivity contribution >= 4 is 101 Å². The predicted molar refractivity (Wildman–Crippen MR) is 405 cm³/mol. The number of aliphatic hydroxyl groups excluding tert-OH is 1. The molecule has 113 heavy (non-hydrogen) atoms. The molecule has 40 nitrogen and oxygen atoms in total. The number of amides is 14. The molecule has 3 rings (SSSR count). The van der Waals surface area contributed by atoms with Crippen LogP contribution < -0.4 is 92.5 Å². The smallest absolute Gasteiger partial charge is 0.322 e. The van der Waals surface area contributed by atoms with E-state index in [4.69, 9.17) is 28.7 Å². The Kier molecular flexibility index (Phi) is 43.3. The maximum atomic E-state index is 14.6. The first-order valence-electron chi connectivity index (χ1n) is 37.7. The van der Waals surface area contributed by atoms with Gasteiger partial charge in [-0.05, 0) is 132 Å². The molecule has 27 N–H and O–H groups in total. The minimum Gasteiger partial charge on any atom is -0.508 e. The average Bonchev–Trinajstić information content (AvgIpc) is 1.76. The van der Waals surface area contributed by atoms with E-state index in [1.165, 1.54) is 45.0 Å². The molecule has 0 bridgehead atoms. The third-order valence-corrected chi connectivity index (χ3v) is 18.5. The van der Waals surface area contributed by atoms with E-state index in [9.17, 15) is 107 Å². The first kappa shape index (κ1) is 96.2. The number of primary amides is 1. The van der Waals surface area contributed by atoms with E-state index >= 15 is 0 Å². The zero-order chi connectivity index (χ0) is 84.4. The molecule has 1 heterocycles. The second-order valence-electron chi connectivity index (χ2n) is 27.9. The maximum absolute atomic E-state index is 14.6. The van der Waals surface area contributed by atoms with Gasteiger partial charge in [0.25, 0.3) is 0 Å². The van der Waals surface area contributed by atoms with Crippen molar-refractivity contribution in [2.45, 2.75) is 222 Å². The van der Waals surface area contributed by atoms with Gasteiger partial charge in [0.05, 0.1) is 25.6 Å². The van der Waals surface area contributed by atoms with Crippen LogP contribution in [0.4, 0.5) is 0 Å². The van der Waals surface area contributed by atoms with Crippen LogP contribution >= 0.6 is 0 Å². The molecule has 40 heteroatoms. The summed E-state index contributed by atoms with van der Waals surface area (Å²) >= 11 is 0. The molecular weight excluding hydrogens is 1480 g/mol. The molecule has 0 aliphatic carbocycles. The van der Waals surface area contributed by atoms with Crippen LogP contribution in [-0.4, -0.2) is 249 Å². The fourth-order valence-corrected chi connectivity index (χ4v) is 11.9. The molecule has 0 spiro atoms. The fourth-order valence-electron chi connectivity index (χ4n) is 11.9. The van der Waals surface area contributed by atoms with Gasteiger partial charge in [0.2, 0.25) is 82.7 Å². The Bertz CT molecular complexity index is 3540. The van der Waals surface area contributed by atoms with E-state index in [-0.39, 0.29) is 57.4 Å². The van der Waals surface area contributed by atoms with Crippen LogP contribution in [0.3, 0.4) is 0 Å². The summed E-state index contributed by atoms with van der Waals surface area (Å²) in [6.07, 6.45) is -0.410. The molecule has 14 amide bonds. The highest BCUT2D eigenvalue weighted by molar-refractivity contribution is 6.01. The third-order valence-electron chi connectivity index (χ3n) is 18.5. The molecule has 0 unspecified atom stereocenters. The van der Waals surface area contributed by atoms with Gasteiger partial charge in [0, 0.05) is 32.2 Å². The molecule has 1 aliphatic rings. The molecule has 1 aliphatic heterocycles. The van der Waals surface area contributed by atoms with Crippen molar-refractivity contribution in [3.05, 3.63) is 65.7 Å². The number of carbonyl (C=O) groups is 17. The second-order valence-corrected chi connectivity index (χ2v) is 27.9. The van der Waals surface area contributed by atoms with Crippen molar-refractivity contribution in [2.75, 3.05) is 45.9 Å². The van der Waals surface area contributed by atoms with Crippen molar-refractivity contribution < 1.29 is 107 Å². The zero-order valence-electron chi connectivity index (χ0n) is 64.2. The summed E-state index contributed by atoms with van der Waals surface area (Å²) in [5.41, 5.74) is 29.5. The lowest BCUT2D eigenvalue weighted by Crippen LogP contribution is -2.62. The van der Waals surface area contributed by atoms with E-state index < -0.39 is 243 Å². The zero-order valence-corrected chi connectivity index (χ0v) is 64.2. The van der Waals surface area contributed by atoms with Crippen molar-refractivity contribution in [3.8, 4) is 5.75 Å². The highest BCUT2D eigenvalue weighted by Gasteiger charge is 2.41. The Labute approximate surface area is 654 Å². The van der Waals surface area contributed by atoms with E-state index in [0.717, 1.165) is 4.90 Å². The fraction of sp³-hybridized carbons (Fsp3) is 0.603. The highest BCUT2D eigenvalue weighted by Crippen LogP contribution is 2.21. The van der Waals surface area contributed by atoms with Gasteiger partial charge < -0.3 is 123 Å².